The molecule has 3 rings (SSSR count). The molecular formula is C21H21FN2O4. The molecule has 0 fully saturated rings. The summed E-state index contributed by atoms with van der Waals surface area (Å²) in [6.45, 7) is 2.49. The van der Waals surface area contributed by atoms with Gasteiger partial charge >= 0.3 is 0 Å². The molecule has 1 aromatic carbocycles. The summed E-state index contributed by atoms with van der Waals surface area (Å²) >= 11 is 0. The topological polar surface area (TPSA) is 75.7 Å². The Balaban J connectivity index is 1.59. The number of nitrogens with one attached hydrogen (secondary N) is 1. The van der Waals surface area contributed by atoms with Crippen LogP contribution < -0.4 is 5.32 Å². The van der Waals surface area contributed by atoms with E-state index >= 15 is 0 Å². The Morgan fingerprint density at radius 2 is 1.86 bits per heavy atom. The number of amides is 2. The van der Waals surface area contributed by atoms with Crippen molar-refractivity contribution in [2.75, 3.05) is 6.54 Å². The van der Waals surface area contributed by atoms with Gasteiger partial charge in [0, 0.05) is 19.5 Å². The third-order valence-corrected chi connectivity index (χ3v) is 4.31. The normalized spacial score (nSPS) is 10.6. The number of carbonyl (C=O) groups excluding carboxylic acids is 2. The highest BCUT2D eigenvalue weighted by atomic mass is 19.1. The number of rotatable bonds is 8. The number of aryl methyl sites for hydroxylation is 1. The Labute approximate surface area is 161 Å². The summed E-state index contributed by atoms with van der Waals surface area (Å²) < 4.78 is 23.5. The van der Waals surface area contributed by atoms with Crippen molar-refractivity contribution in [3.63, 3.8) is 0 Å². The molecule has 0 spiro atoms. The lowest BCUT2D eigenvalue weighted by Gasteiger charge is -2.21. The van der Waals surface area contributed by atoms with Gasteiger partial charge in [-0.1, -0.05) is 12.1 Å². The summed E-state index contributed by atoms with van der Waals surface area (Å²) in [4.78, 5) is 26.6. The number of benzene rings is 1. The molecular weight excluding hydrogens is 363 g/mol. The Morgan fingerprint density at radius 1 is 1.07 bits per heavy atom. The molecule has 6 nitrogen and oxygen atoms in total. The lowest BCUT2D eigenvalue weighted by atomic mass is 10.2. The maximum absolute atomic E-state index is 12.9. The van der Waals surface area contributed by atoms with Crippen molar-refractivity contribution < 1.29 is 22.8 Å². The molecule has 2 aromatic heterocycles. The van der Waals surface area contributed by atoms with E-state index in [0.717, 1.165) is 5.56 Å². The molecule has 28 heavy (non-hydrogen) atoms. The van der Waals surface area contributed by atoms with E-state index < -0.39 is 0 Å². The molecule has 2 amide bonds. The van der Waals surface area contributed by atoms with E-state index in [4.69, 9.17) is 8.83 Å². The minimum Gasteiger partial charge on any atom is -0.469 e. The molecule has 7 heteroatoms. The first-order chi connectivity index (χ1) is 13.5. The van der Waals surface area contributed by atoms with Crippen LogP contribution in [0.25, 0.3) is 0 Å². The molecule has 1 N–H and O–H groups in total. The molecule has 0 radical (unpaired) electrons. The minimum atomic E-state index is -0.323. The van der Waals surface area contributed by atoms with Crippen LogP contribution in [0.1, 0.15) is 33.9 Å². The molecule has 0 saturated heterocycles. The zero-order chi connectivity index (χ0) is 19.9. The number of carbonyl (C=O) groups is 2. The van der Waals surface area contributed by atoms with Crippen LogP contribution in [0.15, 0.2) is 63.8 Å². The zero-order valence-electron chi connectivity index (χ0n) is 15.5. The van der Waals surface area contributed by atoms with Crippen LogP contribution >= 0.6 is 0 Å². The second-order valence-electron chi connectivity index (χ2n) is 6.35. The second kappa shape index (κ2) is 9.03. The average Bonchev–Trinajstić information content (AvgIpc) is 3.35. The number of hydrogen-bond acceptors (Lipinski definition) is 4. The molecule has 0 aliphatic heterocycles. The minimum absolute atomic E-state index is 0.130. The van der Waals surface area contributed by atoms with Gasteiger partial charge in [0.25, 0.3) is 5.91 Å². The Morgan fingerprint density at radius 3 is 2.50 bits per heavy atom. The van der Waals surface area contributed by atoms with Gasteiger partial charge in [-0.2, -0.15) is 0 Å². The first-order valence-corrected chi connectivity index (χ1v) is 8.90. The molecule has 0 bridgehead atoms. The highest BCUT2D eigenvalue weighted by Gasteiger charge is 2.21. The first kappa shape index (κ1) is 19.4. The van der Waals surface area contributed by atoms with Crippen molar-refractivity contribution in [2.24, 2.45) is 0 Å². The van der Waals surface area contributed by atoms with Crippen molar-refractivity contribution in [3.8, 4) is 0 Å². The highest BCUT2D eigenvalue weighted by molar-refractivity contribution is 5.95. The highest BCUT2D eigenvalue weighted by Crippen LogP contribution is 2.15. The summed E-state index contributed by atoms with van der Waals surface area (Å²) in [6, 6.07) is 11.1. The summed E-state index contributed by atoms with van der Waals surface area (Å²) in [5, 5.41) is 2.78. The van der Waals surface area contributed by atoms with Crippen molar-refractivity contribution in [1.29, 1.82) is 0 Å². The van der Waals surface area contributed by atoms with Gasteiger partial charge < -0.3 is 19.1 Å². The van der Waals surface area contributed by atoms with Gasteiger partial charge in [0.15, 0.2) is 0 Å². The largest absolute Gasteiger partial charge is 0.469 e. The quantitative estimate of drug-likeness (QED) is 0.643. The molecule has 146 valence electrons. The van der Waals surface area contributed by atoms with Gasteiger partial charge in [-0.05, 0) is 42.8 Å². The molecule has 0 aliphatic carbocycles. The second-order valence-corrected chi connectivity index (χ2v) is 6.35. The molecule has 0 atom stereocenters. The summed E-state index contributed by atoms with van der Waals surface area (Å²) in [6.07, 6.45) is 3.13. The standard InChI is InChI=1S/C21H21FN2O4/c1-15-19(9-12-27-15)21(26)24(14-18-3-2-11-28-18)10-8-20(25)23-13-16-4-6-17(22)7-5-16/h2-7,9,11-12H,8,10,13-14H2,1H3,(H,23,25). The van der Waals surface area contributed by atoms with Crippen LogP contribution in [-0.2, 0) is 17.9 Å². The molecule has 2 heterocycles. The molecule has 0 aliphatic rings. The van der Waals surface area contributed by atoms with E-state index in [1.807, 2.05) is 0 Å². The number of halogens is 1. The summed E-state index contributed by atoms with van der Waals surface area (Å²) in [7, 11) is 0. The number of hydrogen-bond donors (Lipinski definition) is 1. The van der Waals surface area contributed by atoms with Gasteiger partial charge in [0.1, 0.15) is 17.3 Å². The number of furan rings is 2. The smallest absolute Gasteiger partial charge is 0.257 e. The summed E-state index contributed by atoms with van der Waals surface area (Å²) in [5.41, 5.74) is 1.26. The van der Waals surface area contributed by atoms with E-state index in [1.54, 1.807) is 42.2 Å². The molecule has 0 unspecified atom stereocenters. The predicted molar refractivity (Wildman–Crippen MR) is 99.8 cm³/mol. The fraction of sp³-hybridized carbons (Fsp3) is 0.238. The van der Waals surface area contributed by atoms with Crippen LogP contribution in [0.2, 0.25) is 0 Å². The van der Waals surface area contributed by atoms with Gasteiger partial charge in [0.05, 0.1) is 24.6 Å². The van der Waals surface area contributed by atoms with E-state index in [-0.39, 0.29) is 37.1 Å². The van der Waals surface area contributed by atoms with Crippen LogP contribution in [0.4, 0.5) is 4.39 Å². The van der Waals surface area contributed by atoms with E-state index in [1.165, 1.54) is 24.7 Å². The SMILES string of the molecule is Cc1occc1C(=O)N(CCC(=O)NCc1ccc(F)cc1)Cc1ccco1. The monoisotopic (exact) mass is 384 g/mol. The van der Waals surface area contributed by atoms with Crippen LogP contribution in [0.5, 0.6) is 0 Å². The third kappa shape index (κ3) is 5.09. The van der Waals surface area contributed by atoms with Crippen LogP contribution in [0.3, 0.4) is 0 Å². The molecule has 3 aromatic rings. The lowest BCUT2D eigenvalue weighted by molar-refractivity contribution is -0.121. The maximum Gasteiger partial charge on any atom is 0.257 e. The number of nitrogens with zero attached hydrogens (tertiary/aromatic N) is 1. The van der Waals surface area contributed by atoms with E-state index in [0.29, 0.717) is 23.6 Å². The average molecular weight is 384 g/mol. The molecule has 0 saturated carbocycles. The Kier molecular flexibility index (Phi) is 6.26. The van der Waals surface area contributed by atoms with E-state index in [9.17, 15) is 14.0 Å². The third-order valence-electron chi connectivity index (χ3n) is 4.31. The zero-order valence-corrected chi connectivity index (χ0v) is 15.5. The van der Waals surface area contributed by atoms with Crippen LogP contribution in [-0.4, -0.2) is 23.3 Å². The van der Waals surface area contributed by atoms with E-state index in [2.05, 4.69) is 5.32 Å². The van der Waals surface area contributed by atoms with Crippen molar-refractivity contribution in [3.05, 3.63) is 83.5 Å². The van der Waals surface area contributed by atoms with Crippen molar-refractivity contribution in [2.45, 2.75) is 26.4 Å². The Bertz CT molecular complexity index is 916. The van der Waals surface area contributed by atoms with Gasteiger partial charge in [-0.15, -0.1) is 0 Å². The fourth-order valence-electron chi connectivity index (χ4n) is 2.75. The van der Waals surface area contributed by atoms with Crippen molar-refractivity contribution in [1.82, 2.24) is 10.2 Å². The van der Waals surface area contributed by atoms with Gasteiger partial charge in [-0.3, -0.25) is 9.59 Å². The first-order valence-electron chi connectivity index (χ1n) is 8.90. The fourth-order valence-corrected chi connectivity index (χ4v) is 2.75. The Hall–Kier alpha value is -3.35. The van der Waals surface area contributed by atoms with Gasteiger partial charge in [-0.25, -0.2) is 4.39 Å². The van der Waals surface area contributed by atoms with Gasteiger partial charge in [0.2, 0.25) is 5.91 Å². The summed E-state index contributed by atoms with van der Waals surface area (Å²) in [5.74, 6) is 0.396. The maximum atomic E-state index is 12.9. The predicted octanol–water partition coefficient (Wildman–Crippen LogP) is 3.67. The lowest BCUT2D eigenvalue weighted by Crippen LogP contribution is -2.34. The van der Waals surface area contributed by atoms with Crippen molar-refractivity contribution >= 4 is 11.8 Å². The van der Waals surface area contributed by atoms with Crippen LogP contribution in [0, 0.1) is 12.7 Å².